The van der Waals surface area contributed by atoms with E-state index in [1.807, 2.05) is 6.20 Å². The molecular formula is C17H17N. The van der Waals surface area contributed by atoms with Gasteiger partial charge >= 0.3 is 0 Å². The molecule has 0 N–H and O–H groups in total. The van der Waals surface area contributed by atoms with Crippen LogP contribution in [-0.4, -0.2) is 4.98 Å². The number of fused-ring (bicyclic) bond motifs is 3. The van der Waals surface area contributed by atoms with E-state index < -0.39 is 0 Å². The molecule has 1 heterocycles. The third-order valence-corrected chi connectivity index (χ3v) is 3.43. The number of para-hydroxylation sites is 1. The quantitative estimate of drug-likeness (QED) is 0.515. The Morgan fingerprint density at radius 2 is 1.56 bits per heavy atom. The molecule has 0 atom stereocenters. The summed E-state index contributed by atoms with van der Waals surface area (Å²) in [4.78, 5) is 4.68. The Labute approximate surface area is 107 Å². The molecule has 3 aromatic rings. The highest BCUT2D eigenvalue weighted by Gasteiger charge is 2.17. The van der Waals surface area contributed by atoms with Crippen molar-refractivity contribution in [3.05, 3.63) is 54.2 Å². The third kappa shape index (κ3) is 1.67. The molecule has 0 saturated carbocycles. The average Bonchev–Trinajstić information content (AvgIpc) is 2.36. The van der Waals surface area contributed by atoms with Crippen molar-refractivity contribution in [1.82, 2.24) is 4.98 Å². The third-order valence-electron chi connectivity index (χ3n) is 3.43. The van der Waals surface area contributed by atoms with Crippen LogP contribution in [0.1, 0.15) is 26.3 Å². The molecular weight excluding hydrogens is 218 g/mol. The molecule has 1 nitrogen and oxygen atoms in total. The minimum Gasteiger partial charge on any atom is -0.255 e. The summed E-state index contributed by atoms with van der Waals surface area (Å²) in [6.45, 7) is 6.70. The SMILES string of the molecule is CC(C)(C)c1cccc2c1ncc1ccccc12. The second kappa shape index (κ2) is 3.81. The van der Waals surface area contributed by atoms with Gasteiger partial charge in [-0.2, -0.15) is 0 Å². The van der Waals surface area contributed by atoms with Gasteiger partial charge in [0.1, 0.15) is 0 Å². The minimum absolute atomic E-state index is 0.120. The number of pyridine rings is 1. The summed E-state index contributed by atoms with van der Waals surface area (Å²) in [7, 11) is 0. The molecule has 0 amide bonds. The van der Waals surface area contributed by atoms with Gasteiger partial charge in [-0.25, -0.2) is 0 Å². The van der Waals surface area contributed by atoms with Gasteiger partial charge in [0, 0.05) is 17.0 Å². The molecule has 90 valence electrons. The number of aromatic nitrogens is 1. The maximum atomic E-state index is 4.68. The first-order valence-electron chi connectivity index (χ1n) is 6.34. The van der Waals surface area contributed by atoms with Crippen molar-refractivity contribution in [2.75, 3.05) is 0 Å². The highest BCUT2D eigenvalue weighted by atomic mass is 14.7. The molecule has 1 aromatic heterocycles. The van der Waals surface area contributed by atoms with Crippen molar-refractivity contribution in [3.63, 3.8) is 0 Å². The Morgan fingerprint density at radius 1 is 0.833 bits per heavy atom. The van der Waals surface area contributed by atoms with Crippen LogP contribution in [0, 0.1) is 0 Å². The van der Waals surface area contributed by atoms with Crippen LogP contribution in [-0.2, 0) is 5.41 Å². The summed E-state index contributed by atoms with van der Waals surface area (Å²) < 4.78 is 0. The minimum atomic E-state index is 0.120. The fraction of sp³-hybridized carbons (Fsp3) is 0.235. The molecule has 0 spiro atoms. The second-order valence-corrected chi connectivity index (χ2v) is 5.80. The van der Waals surface area contributed by atoms with Crippen LogP contribution in [0.4, 0.5) is 0 Å². The molecule has 0 unspecified atom stereocenters. The van der Waals surface area contributed by atoms with Gasteiger partial charge in [0.25, 0.3) is 0 Å². The van der Waals surface area contributed by atoms with E-state index in [0.717, 1.165) is 5.52 Å². The molecule has 0 fully saturated rings. The van der Waals surface area contributed by atoms with Crippen molar-refractivity contribution in [2.24, 2.45) is 0 Å². The van der Waals surface area contributed by atoms with Gasteiger partial charge in [0.2, 0.25) is 0 Å². The molecule has 3 rings (SSSR count). The zero-order chi connectivity index (χ0) is 12.8. The molecule has 0 aliphatic rings. The van der Waals surface area contributed by atoms with Gasteiger partial charge in [-0.05, 0) is 16.4 Å². The van der Waals surface area contributed by atoms with E-state index in [0.29, 0.717) is 0 Å². The molecule has 0 saturated heterocycles. The molecule has 0 radical (unpaired) electrons. The van der Waals surface area contributed by atoms with Crippen LogP contribution in [0.2, 0.25) is 0 Å². The Hall–Kier alpha value is -1.89. The maximum Gasteiger partial charge on any atom is 0.0745 e. The van der Waals surface area contributed by atoms with Crippen LogP contribution in [0.5, 0.6) is 0 Å². The summed E-state index contributed by atoms with van der Waals surface area (Å²) in [5, 5.41) is 3.74. The fourth-order valence-electron chi connectivity index (χ4n) is 2.49. The largest absolute Gasteiger partial charge is 0.255 e. The summed E-state index contributed by atoms with van der Waals surface area (Å²) in [5.74, 6) is 0. The summed E-state index contributed by atoms with van der Waals surface area (Å²) in [6.07, 6.45) is 1.98. The van der Waals surface area contributed by atoms with E-state index >= 15 is 0 Å². The summed E-state index contributed by atoms with van der Waals surface area (Å²) >= 11 is 0. The number of hydrogen-bond acceptors (Lipinski definition) is 1. The molecule has 0 aliphatic heterocycles. The Balaban J connectivity index is 2.48. The number of rotatable bonds is 0. The first-order valence-corrected chi connectivity index (χ1v) is 6.34. The molecule has 18 heavy (non-hydrogen) atoms. The molecule has 0 aliphatic carbocycles. The van der Waals surface area contributed by atoms with Crippen LogP contribution in [0.3, 0.4) is 0 Å². The number of nitrogens with zero attached hydrogens (tertiary/aromatic N) is 1. The van der Waals surface area contributed by atoms with Gasteiger partial charge < -0.3 is 0 Å². The van der Waals surface area contributed by atoms with Crippen LogP contribution in [0.25, 0.3) is 21.7 Å². The summed E-state index contributed by atoms with van der Waals surface area (Å²) in [6, 6.07) is 14.9. The number of hydrogen-bond donors (Lipinski definition) is 0. The molecule has 1 heteroatoms. The first kappa shape index (κ1) is 11.2. The van der Waals surface area contributed by atoms with E-state index in [2.05, 4.69) is 68.2 Å². The van der Waals surface area contributed by atoms with Gasteiger partial charge in [0.05, 0.1) is 5.52 Å². The van der Waals surface area contributed by atoms with Crippen molar-refractivity contribution < 1.29 is 0 Å². The van der Waals surface area contributed by atoms with E-state index in [4.69, 9.17) is 0 Å². The van der Waals surface area contributed by atoms with Gasteiger partial charge in [-0.1, -0.05) is 63.2 Å². The van der Waals surface area contributed by atoms with Crippen molar-refractivity contribution in [3.8, 4) is 0 Å². The highest BCUT2D eigenvalue weighted by molar-refractivity contribution is 6.06. The van der Waals surface area contributed by atoms with Crippen molar-refractivity contribution in [2.45, 2.75) is 26.2 Å². The van der Waals surface area contributed by atoms with E-state index in [9.17, 15) is 0 Å². The Kier molecular flexibility index (Phi) is 2.37. The molecule has 2 aromatic carbocycles. The lowest BCUT2D eigenvalue weighted by Gasteiger charge is -2.21. The van der Waals surface area contributed by atoms with E-state index in [-0.39, 0.29) is 5.41 Å². The second-order valence-electron chi connectivity index (χ2n) is 5.80. The first-order chi connectivity index (χ1) is 8.57. The molecule has 0 bridgehead atoms. The lowest BCUT2D eigenvalue weighted by molar-refractivity contribution is 0.594. The van der Waals surface area contributed by atoms with Gasteiger partial charge in [0.15, 0.2) is 0 Å². The predicted molar refractivity (Wildman–Crippen MR) is 77.9 cm³/mol. The smallest absolute Gasteiger partial charge is 0.0745 e. The fourth-order valence-corrected chi connectivity index (χ4v) is 2.49. The zero-order valence-corrected chi connectivity index (χ0v) is 11.1. The maximum absolute atomic E-state index is 4.68. The van der Waals surface area contributed by atoms with E-state index in [1.54, 1.807) is 0 Å². The standard InChI is InChI=1S/C17H17N/c1-17(2,3)15-10-6-9-14-13-8-5-4-7-12(13)11-18-16(14)15/h4-11H,1-3H3. The van der Waals surface area contributed by atoms with Gasteiger partial charge in [-0.3, -0.25) is 4.98 Å². The average molecular weight is 235 g/mol. The topological polar surface area (TPSA) is 12.9 Å². The lowest BCUT2D eigenvalue weighted by atomic mass is 9.85. The van der Waals surface area contributed by atoms with E-state index in [1.165, 1.54) is 21.7 Å². The van der Waals surface area contributed by atoms with Crippen molar-refractivity contribution in [1.29, 1.82) is 0 Å². The van der Waals surface area contributed by atoms with Crippen LogP contribution in [0.15, 0.2) is 48.7 Å². The Bertz CT molecular complexity index is 720. The predicted octanol–water partition coefficient (Wildman–Crippen LogP) is 4.69. The monoisotopic (exact) mass is 235 g/mol. The van der Waals surface area contributed by atoms with Crippen molar-refractivity contribution >= 4 is 21.7 Å². The zero-order valence-electron chi connectivity index (χ0n) is 11.1. The van der Waals surface area contributed by atoms with Crippen LogP contribution >= 0.6 is 0 Å². The lowest BCUT2D eigenvalue weighted by Crippen LogP contribution is -2.12. The Morgan fingerprint density at radius 3 is 2.33 bits per heavy atom. The van der Waals surface area contributed by atoms with Crippen LogP contribution < -0.4 is 0 Å². The highest BCUT2D eigenvalue weighted by Crippen LogP contribution is 2.31. The number of benzene rings is 2. The normalized spacial score (nSPS) is 12.2. The van der Waals surface area contributed by atoms with Gasteiger partial charge in [-0.15, -0.1) is 0 Å². The summed E-state index contributed by atoms with van der Waals surface area (Å²) in [5.41, 5.74) is 2.56.